The average Bonchev–Trinajstić information content (AvgIpc) is 3.70. The quantitative estimate of drug-likeness (QED) is 0.374. The van der Waals surface area contributed by atoms with E-state index in [9.17, 15) is 20.1 Å². The lowest BCUT2D eigenvalue weighted by Gasteiger charge is -2.64. The van der Waals surface area contributed by atoms with Crippen LogP contribution in [0.4, 0.5) is 0 Å². The Hall–Kier alpha value is -0.810. The van der Waals surface area contributed by atoms with Gasteiger partial charge in [-0.05, 0) is 144 Å². The number of carbonyl (C=O) groups excluding carboxylic acids is 1. The number of fused-ring (bicyclic) bond motifs is 4. The van der Waals surface area contributed by atoms with E-state index in [1.807, 2.05) is 4.90 Å². The molecule has 284 valence electrons. The van der Waals surface area contributed by atoms with Crippen molar-refractivity contribution in [3.8, 4) is 0 Å². The highest BCUT2D eigenvalue weighted by Gasteiger charge is 2.84. The van der Waals surface area contributed by atoms with Crippen molar-refractivity contribution in [1.82, 2.24) is 9.80 Å². The number of aliphatic hydroxyl groups is 3. The Morgan fingerprint density at radius 2 is 1.64 bits per heavy atom. The maximum Gasteiger partial charge on any atom is 0.226 e. The van der Waals surface area contributed by atoms with Crippen LogP contribution in [0.2, 0.25) is 0 Å². The van der Waals surface area contributed by atoms with Gasteiger partial charge in [0.1, 0.15) is 6.10 Å². The molecular formula is C41H68N2O7. The smallest absolute Gasteiger partial charge is 0.226 e. The van der Waals surface area contributed by atoms with Gasteiger partial charge in [0, 0.05) is 17.9 Å². The molecule has 0 aromatic heterocycles. The molecule has 3 N–H and O–H groups in total. The van der Waals surface area contributed by atoms with Crippen molar-refractivity contribution >= 4 is 5.91 Å². The molecule has 3 saturated heterocycles. The molecule has 1 amide bonds. The predicted molar refractivity (Wildman–Crippen MR) is 190 cm³/mol. The molecule has 50 heavy (non-hydrogen) atoms. The molecule has 14 atom stereocenters. The lowest BCUT2D eigenvalue weighted by atomic mass is 9.41. The number of ether oxygens (including phenoxy) is 3. The fraction of sp³-hybridized carbons (Fsp3) is 0.976. The van der Waals surface area contributed by atoms with Gasteiger partial charge in [0.2, 0.25) is 5.91 Å². The minimum Gasteiger partial charge on any atom is -0.390 e. The number of amides is 1. The van der Waals surface area contributed by atoms with E-state index >= 15 is 0 Å². The van der Waals surface area contributed by atoms with Crippen LogP contribution in [0.3, 0.4) is 0 Å². The molecule has 8 fully saturated rings. The van der Waals surface area contributed by atoms with E-state index < -0.39 is 23.9 Å². The summed E-state index contributed by atoms with van der Waals surface area (Å²) >= 11 is 0. The van der Waals surface area contributed by atoms with E-state index in [-0.39, 0.29) is 63.3 Å². The normalized spacial score (nSPS) is 51.1. The molecule has 3 aliphatic heterocycles. The van der Waals surface area contributed by atoms with E-state index in [0.717, 1.165) is 58.0 Å². The number of morpholine rings is 1. The third-order valence-electron chi connectivity index (χ3n) is 17.6. The number of nitrogens with zero attached hydrogens (tertiary/aromatic N) is 2. The van der Waals surface area contributed by atoms with Gasteiger partial charge >= 0.3 is 0 Å². The maximum absolute atomic E-state index is 13.5. The highest BCUT2D eigenvalue weighted by molar-refractivity contribution is 5.79. The molecule has 8 aliphatic rings. The summed E-state index contributed by atoms with van der Waals surface area (Å²) in [4.78, 5) is 17.8. The first-order chi connectivity index (χ1) is 23.4. The second-order valence-corrected chi connectivity index (χ2v) is 20.4. The van der Waals surface area contributed by atoms with Crippen molar-refractivity contribution in [2.45, 2.75) is 155 Å². The molecule has 9 nitrogen and oxygen atoms in total. The summed E-state index contributed by atoms with van der Waals surface area (Å²) in [5, 5.41) is 34.2. The molecule has 0 bridgehead atoms. The zero-order valence-electron chi connectivity index (χ0n) is 32.3. The van der Waals surface area contributed by atoms with Crippen LogP contribution < -0.4 is 0 Å². The number of likely N-dealkylation sites (tertiary alicyclic amines) is 1. The zero-order chi connectivity index (χ0) is 35.8. The van der Waals surface area contributed by atoms with Crippen LogP contribution >= 0.6 is 0 Å². The van der Waals surface area contributed by atoms with E-state index in [4.69, 9.17) is 14.2 Å². The van der Waals surface area contributed by atoms with E-state index in [2.05, 4.69) is 46.6 Å². The van der Waals surface area contributed by atoms with Gasteiger partial charge in [-0.25, -0.2) is 0 Å². The van der Waals surface area contributed by atoms with Crippen molar-refractivity contribution < 1.29 is 34.3 Å². The van der Waals surface area contributed by atoms with Crippen molar-refractivity contribution in [2.75, 3.05) is 39.8 Å². The van der Waals surface area contributed by atoms with Crippen molar-refractivity contribution in [1.29, 1.82) is 0 Å². The van der Waals surface area contributed by atoms with Gasteiger partial charge in [0.25, 0.3) is 0 Å². The Morgan fingerprint density at radius 1 is 0.960 bits per heavy atom. The molecule has 3 heterocycles. The number of hydrogen-bond donors (Lipinski definition) is 3. The second-order valence-electron chi connectivity index (χ2n) is 20.4. The van der Waals surface area contributed by atoms with Gasteiger partial charge in [-0.15, -0.1) is 0 Å². The summed E-state index contributed by atoms with van der Waals surface area (Å²) in [7, 11) is 2.14. The Labute approximate surface area is 301 Å². The molecular weight excluding hydrogens is 632 g/mol. The van der Waals surface area contributed by atoms with Crippen LogP contribution in [0.25, 0.3) is 0 Å². The lowest BCUT2D eigenvalue weighted by molar-refractivity contribution is -0.248. The highest BCUT2D eigenvalue weighted by atomic mass is 16.7. The largest absolute Gasteiger partial charge is 0.390 e. The van der Waals surface area contributed by atoms with Gasteiger partial charge in [0.05, 0.1) is 43.2 Å². The average molecular weight is 701 g/mol. The Balaban J connectivity index is 0.982. The topological polar surface area (TPSA) is 112 Å². The van der Waals surface area contributed by atoms with E-state index in [1.165, 1.54) is 12.8 Å². The Kier molecular flexibility index (Phi) is 8.57. The second kappa shape index (κ2) is 11.8. The maximum atomic E-state index is 13.5. The van der Waals surface area contributed by atoms with E-state index in [0.29, 0.717) is 43.9 Å². The summed E-state index contributed by atoms with van der Waals surface area (Å²) in [5.74, 6) is 1.92. The first kappa shape index (κ1) is 36.2. The van der Waals surface area contributed by atoms with Gasteiger partial charge in [-0.3, -0.25) is 4.79 Å². The monoisotopic (exact) mass is 701 g/mol. The van der Waals surface area contributed by atoms with E-state index in [1.54, 1.807) is 13.8 Å². The van der Waals surface area contributed by atoms with Crippen LogP contribution in [0.5, 0.6) is 0 Å². The molecule has 14 unspecified atom stereocenters. The van der Waals surface area contributed by atoms with Crippen LogP contribution in [-0.2, 0) is 19.0 Å². The summed E-state index contributed by atoms with van der Waals surface area (Å²) in [5.41, 5.74) is -1.06. The van der Waals surface area contributed by atoms with Crippen molar-refractivity contribution in [3.63, 3.8) is 0 Å². The molecule has 9 heteroatoms. The zero-order valence-corrected chi connectivity index (χ0v) is 32.3. The fourth-order valence-corrected chi connectivity index (χ4v) is 14.8. The SMILES string of the molecule is CC1CC(C(O)C(C)(C)O)OC2C1C1(C)CCC34CC35CCC(OC3CN(C(=O)C6CCN(C)CC6)CCO3)C(C)(C)C5CCC4C1(C)C2O. The first-order valence-corrected chi connectivity index (χ1v) is 20.4. The van der Waals surface area contributed by atoms with Gasteiger partial charge < -0.3 is 39.3 Å². The van der Waals surface area contributed by atoms with Crippen molar-refractivity contribution in [3.05, 3.63) is 0 Å². The number of carbonyl (C=O) groups is 1. The predicted octanol–water partition coefficient (Wildman–Crippen LogP) is 4.84. The third-order valence-corrected chi connectivity index (χ3v) is 17.6. The first-order valence-electron chi connectivity index (χ1n) is 20.4. The summed E-state index contributed by atoms with van der Waals surface area (Å²) < 4.78 is 19.8. The Bertz CT molecular complexity index is 1330. The van der Waals surface area contributed by atoms with Gasteiger partial charge in [-0.2, -0.15) is 0 Å². The van der Waals surface area contributed by atoms with Crippen LogP contribution in [0, 0.1) is 56.7 Å². The number of rotatable bonds is 5. The molecule has 8 rings (SSSR count). The third kappa shape index (κ3) is 4.91. The summed E-state index contributed by atoms with van der Waals surface area (Å²) in [6.07, 6.45) is 7.96. The molecule has 2 spiro atoms. The molecule has 0 radical (unpaired) electrons. The number of hydrogen-bond acceptors (Lipinski definition) is 8. The highest BCUT2D eigenvalue weighted by Crippen LogP contribution is 2.89. The number of aliphatic hydroxyl groups excluding tert-OH is 2. The van der Waals surface area contributed by atoms with Crippen LogP contribution in [0.15, 0.2) is 0 Å². The van der Waals surface area contributed by atoms with Crippen LogP contribution in [0.1, 0.15) is 113 Å². The summed E-state index contributed by atoms with van der Waals surface area (Å²) in [6.45, 7) is 19.0. The van der Waals surface area contributed by atoms with Gasteiger partial charge in [0.15, 0.2) is 6.29 Å². The minimum absolute atomic E-state index is 0.0155. The molecule has 0 aromatic carbocycles. The Morgan fingerprint density at radius 3 is 2.34 bits per heavy atom. The van der Waals surface area contributed by atoms with Crippen molar-refractivity contribution in [2.24, 2.45) is 56.7 Å². The standard InChI is InChI=1S/C41H68N2O7/c1-24-21-26(33(44)37(4,5)47)49-32-31(24)38(6)15-16-41-23-40(41)14-11-29(36(2,3)27(40)9-10-28(41)39(38,7)34(32)45)50-30-22-43(19-20-48-30)35(46)25-12-17-42(8)18-13-25/h24-34,44-45,47H,9-23H2,1-8H3. The van der Waals surface area contributed by atoms with Gasteiger partial charge in [-0.1, -0.05) is 34.6 Å². The minimum atomic E-state index is -1.26. The fourth-order valence-electron chi connectivity index (χ4n) is 14.8. The molecule has 0 aromatic rings. The molecule has 5 saturated carbocycles. The number of piperidine rings is 1. The van der Waals surface area contributed by atoms with Crippen LogP contribution in [-0.4, -0.2) is 113 Å². The summed E-state index contributed by atoms with van der Waals surface area (Å²) in [6, 6.07) is 0. The molecule has 5 aliphatic carbocycles. The lowest BCUT2D eigenvalue weighted by Crippen LogP contribution is -2.60.